The second-order valence-electron chi connectivity index (χ2n) is 4.67. The van der Waals surface area contributed by atoms with E-state index in [0.717, 1.165) is 23.9 Å². The zero-order valence-electron chi connectivity index (χ0n) is 10.5. The van der Waals surface area contributed by atoms with Crippen molar-refractivity contribution in [3.8, 4) is 0 Å². The molecule has 4 nitrogen and oxygen atoms in total. The average Bonchev–Trinajstić information content (AvgIpc) is 2.80. The van der Waals surface area contributed by atoms with Gasteiger partial charge in [0.1, 0.15) is 0 Å². The Balaban J connectivity index is 1.94. The summed E-state index contributed by atoms with van der Waals surface area (Å²) < 4.78 is 0.887. The first-order valence-corrected chi connectivity index (χ1v) is 7.46. The van der Waals surface area contributed by atoms with Crippen molar-refractivity contribution in [2.75, 3.05) is 25.0 Å². The van der Waals surface area contributed by atoms with Crippen molar-refractivity contribution in [2.24, 2.45) is 5.73 Å². The maximum Gasteiger partial charge on any atom is 0.238 e. The molecule has 1 aromatic carbocycles. The highest BCUT2D eigenvalue weighted by atomic mass is 79.9. The fourth-order valence-electron chi connectivity index (χ4n) is 2.34. The van der Waals surface area contributed by atoms with Gasteiger partial charge in [0.2, 0.25) is 5.91 Å². The number of amides is 1. The molecular weight excluding hydrogens is 330 g/mol. The maximum absolute atomic E-state index is 12.0. The van der Waals surface area contributed by atoms with Crippen LogP contribution < -0.4 is 11.1 Å². The summed E-state index contributed by atoms with van der Waals surface area (Å²) in [5.74, 6) is -0.0513. The molecule has 1 aromatic rings. The number of benzene rings is 1. The van der Waals surface area contributed by atoms with Gasteiger partial charge in [-0.05, 0) is 37.6 Å². The number of nitrogens with one attached hydrogen (secondary N) is 1. The molecular formula is C13H17BrClN3O. The monoisotopic (exact) mass is 345 g/mol. The molecule has 1 aliphatic rings. The lowest BCUT2D eigenvalue weighted by Gasteiger charge is -2.22. The van der Waals surface area contributed by atoms with Crippen molar-refractivity contribution in [3.63, 3.8) is 0 Å². The van der Waals surface area contributed by atoms with Gasteiger partial charge in [-0.15, -0.1) is 0 Å². The van der Waals surface area contributed by atoms with Gasteiger partial charge < -0.3 is 11.1 Å². The maximum atomic E-state index is 12.0. The molecule has 1 aliphatic heterocycles. The Bertz CT molecular complexity index is 469. The van der Waals surface area contributed by atoms with Gasteiger partial charge in [0.05, 0.1) is 17.3 Å². The van der Waals surface area contributed by atoms with Gasteiger partial charge in [0, 0.05) is 17.1 Å². The summed E-state index contributed by atoms with van der Waals surface area (Å²) in [7, 11) is 0. The SMILES string of the molecule is NCC1CCCN1CC(=O)Nc1ccc(Br)cc1Cl. The number of hydrogen-bond donors (Lipinski definition) is 2. The topological polar surface area (TPSA) is 58.4 Å². The second-order valence-corrected chi connectivity index (χ2v) is 6.00. The lowest BCUT2D eigenvalue weighted by Crippen LogP contribution is -2.40. The van der Waals surface area contributed by atoms with Gasteiger partial charge >= 0.3 is 0 Å². The first-order valence-electron chi connectivity index (χ1n) is 6.29. The van der Waals surface area contributed by atoms with E-state index in [2.05, 4.69) is 26.1 Å². The molecule has 2 rings (SSSR count). The van der Waals surface area contributed by atoms with Crippen LogP contribution in [-0.4, -0.2) is 36.5 Å². The molecule has 1 atom stereocenters. The number of carbonyl (C=O) groups is 1. The van der Waals surface area contributed by atoms with Crippen LogP contribution in [-0.2, 0) is 4.79 Å². The number of halogens is 2. The van der Waals surface area contributed by atoms with Crippen molar-refractivity contribution < 1.29 is 4.79 Å². The third-order valence-corrected chi connectivity index (χ3v) is 4.13. The van der Waals surface area contributed by atoms with E-state index in [0.29, 0.717) is 29.8 Å². The third-order valence-electron chi connectivity index (χ3n) is 3.32. The standard InChI is InChI=1S/C13H17BrClN3O/c14-9-3-4-12(11(15)6-9)17-13(19)8-18-5-1-2-10(18)7-16/h3-4,6,10H,1-2,5,7-8,16H2,(H,17,19). The average molecular weight is 347 g/mol. The molecule has 0 aromatic heterocycles. The van der Waals surface area contributed by atoms with Gasteiger partial charge in [-0.25, -0.2) is 0 Å². The van der Waals surface area contributed by atoms with Gasteiger partial charge in [0.25, 0.3) is 0 Å². The Kier molecular flexibility index (Phi) is 5.21. The Labute approximate surface area is 126 Å². The Morgan fingerprint density at radius 3 is 3.05 bits per heavy atom. The molecule has 6 heteroatoms. The quantitative estimate of drug-likeness (QED) is 0.880. The van der Waals surface area contributed by atoms with Crippen molar-refractivity contribution in [3.05, 3.63) is 27.7 Å². The fourth-order valence-corrected chi connectivity index (χ4v) is 3.06. The Hall–Kier alpha value is -0.620. The molecule has 3 N–H and O–H groups in total. The highest BCUT2D eigenvalue weighted by molar-refractivity contribution is 9.10. The van der Waals surface area contributed by atoms with Crippen LogP contribution in [0.3, 0.4) is 0 Å². The zero-order chi connectivity index (χ0) is 13.8. The number of hydrogen-bond acceptors (Lipinski definition) is 3. The number of carbonyl (C=O) groups excluding carboxylic acids is 1. The largest absolute Gasteiger partial charge is 0.329 e. The highest BCUT2D eigenvalue weighted by Gasteiger charge is 2.24. The predicted molar refractivity (Wildman–Crippen MR) is 81.4 cm³/mol. The first-order chi connectivity index (χ1) is 9.10. The van der Waals surface area contributed by atoms with E-state index in [1.54, 1.807) is 12.1 Å². The van der Waals surface area contributed by atoms with Crippen molar-refractivity contribution in [1.29, 1.82) is 0 Å². The molecule has 0 aliphatic carbocycles. The summed E-state index contributed by atoms with van der Waals surface area (Å²) in [5, 5.41) is 3.36. The van der Waals surface area contributed by atoms with E-state index in [9.17, 15) is 4.79 Å². The Morgan fingerprint density at radius 2 is 2.37 bits per heavy atom. The first kappa shape index (κ1) is 14.8. The molecule has 0 radical (unpaired) electrons. The van der Waals surface area contributed by atoms with E-state index in [1.807, 2.05) is 6.07 Å². The van der Waals surface area contributed by atoms with Crippen LogP contribution in [0.4, 0.5) is 5.69 Å². The van der Waals surface area contributed by atoms with Crippen LogP contribution in [0.1, 0.15) is 12.8 Å². The summed E-state index contributed by atoms with van der Waals surface area (Å²) >= 11 is 9.40. The number of nitrogens with zero attached hydrogens (tertiary/aromatic N) is 1. The summed E-state index contributed by atoms with van der Waals surface area (Å²) in [6.07, 6.45) is 2.18. The minimum Gasteiger partial charge on any atom is -0.329 e. The molecule has 0 spiro atoms. The third kappa shape index (κ3) is 3.92. The van der Waals surface area contributed by atoms with Crippen LogP contribution >= 0.6 is 27.5 Å². The van der Waals surface area contributed by atoms with E-state index >= 15 is 0 Å². The van der Waals surface area contributed by atoms with Crippen molar-refractivity contribution in [1.82, 2.24) is 4.90 Å². The molecule has 0 saturated carbocycles. The summed E-state index contributed by atoms with van der Waals surface area (Å²) in [6, 6.07) is 5.72. The normalized spacial score (nSPS) is 19.6. The minimum absolute atomic E-state index is 0.0513. The van der Waals surface area contributed by atoms with Crippen LogP contribution in [0.2, 0.25) is 5.02 Å². The van der Waals surface area contributed by atoms with Crippen molar-refractivity contribution in [2.45, 2.75) is 18.9 Å². The highest BCUT2D eigenvalue weighted by Crippen LogP contribution is 2.25. The van der Waals surface area contributed by atoms with E-state index < -0.39 is 0 Å². The van der Waals surface area contributed by atoms with Crippen LogP contribution in [0, 0.1) is 0 Å². The lowest BCUT2D eigenvalue weighted by atomic mass is 10.2. The molecule has 19 heavy (non-hydrogen) atoms. The number of likely N-dealkylation sites (tertiary alicyclic amines) is 1. The van der Waals surface area contributed by atoms with Crippen LogP contribution in [0.25, 0.3) is 0 Å². The molecule has 1 amide bonds. The second kappa shape index (κ2) is 6.70. The van der Waals surface area contributed by atoms with Gasteiger partial charge in [0.15, 0.2) is 0 Å². The summed E-state index contributed by atoms with van der Waals surface area (Å²) in [6.45, 7) is 1.91. The van der Waals surface area contributed by atoms with Gasteiger partial charge in [-0.1, -0.05) is 27.5 Å². The number of anilines is 1. The molecule has 1 saturated heterocycles. The fraction of sp³-hybridized carbons (Fsp3) is 0.462. The van der Waals surface area contributed by atoms with E-state index in [-0.39, 0.29) is 5.91 Å². The zero-order valence-corrected chi connectivity index (χ0v) is 12.9. The lowest BCUT2D eigenvalue weighted by molar-refractivity contribution is -0.117. The molecule has 1 fully saturated rings. The van der Waals surface area contributed by atoms with Crippen LogP contribution in [0.5, 0.6) is 0 Å². The number of rotatable bonds is 4. The molecule has 104 valence electrons. The molecule has 0 bridgehead atoms. The van der Waals surface area contributed by atoms with Gasteiger partial charge in [-0.3, -0.25) is 9.69 Å². The predicted octanol–water partition coefficient (Wildman–Crippen LogP) is 2.46. The minimum atomic E-state index is -0.0513. The van der Waals surface area contributed by atoms with E-state index in [4.69, 9.17) is 17.3 Å². The molecule has 1 heterocycles. The summed E-state index contributed by atoms with van der Waals surface area (Å²) in [4.78, 5) is 14.1. The number of nitrogens with two attached hydrogens (primary N) is 1. The van der Waals surface area contributed by atoms with Crippen molar-refractivity contribution >= 4 is 39.1 Å². The van der Waals surface area contributed by atoms with Gasteiger partial charge in [-0.2, -0.15) is 0 Å². The Morgan fingerprint density at radius 1 is 1.58 bits per heavy atom. The molecule has 1 unspecified atom stereocenters. The summed E-state index contributed by atoms with van der Waals surface area (Å²) in [5.41, 5.74) is 6.33. The van der Waals surface area contributed by atoms with E-state index in [1.165, 1.54) is 0 Å². The van der Waals surface area contributed by atoms with Crippen LogP contribution in [0.15, 0.2) is 22.7 Å². The smallest absolute Gasteiger partial charge is 0.238 e.